The molecule has 4 heteroatoms. The minimum absolute atomic E-state index is 0.209. The molecule has 0 unspecified atom stereocenters. The number of aryl methyl sites for hydroxylation is 1. The summed E-state index contributed by atoms with van der Waals surface area (Å²) in [6.45, 7) is 1.73. The maximum atomic E-state index is 13.1. The van der Waals surface area contributed by atoms with Crippen molar-refractivity contribution in [1.29, 1.82) is 0 Å². The third kappa shape index (κ3) is 2.44. The molecule has 17 heavy (non-hydrogen) atoms. The van der Waals surface area contributed by atoms with Gasteiger partial charge in [0, 0.05) is 10.6 Å². The minimum atomic E-state index is -0.209. The van der Waals surface area contributed by atoms with Crippen LogP contribution >= 0.6 is 0 Å². The number of nitrogens with zero attached hydrogens (tertiary/aromatic N) is 3. The molecule has 0 heterocycles. The average Bonchev–Trinajstić information content (AvgIpc) is 2.34. The number of hydrogen-bond donors (Lipinski definition) is 0. The maximum Gasteiger partial charge on any atom is 0.126 e. The van der Waals surface area contributed by atoms with Crippen LogP contribution in [0, 0.1) is 12.7 Å². The quantitative estimate of drug-likeness (QED) is 0.404. The van der Waals surface area contributed by atoms with E-state index in [1.807, 2.05) is 12.1 Å². The highest BCUT2D eigenvalue weighted by Gasteiger charge is 2.01. The molecule has 0 fully saturated rings. The zero-order valence-corrected chi connectivity index (χ0v) is 9.26. The lowest BCUT2D eigenvalue weighted by Crippen LogP contribution is -1.83. The molecule has 0 bridgehead atoms. The summed E-state index contributed by atoms with van der Waals surface area (Å²) in [5, 5.41) is 3.49. The zero-order chi connectivity index (χ0) is 12.3. The van der Waals surface area contributed by atoms with Gasteiger partial charge in [0.2, 0.25) is 0 Å². The predicted molar refractivity (Wildman–Crippen MR) is 65.4 cm³/mol. The van der Waals surface area contributed by atoms with Gasteiger partial charge in [0.1, 0.15) is 5.82 Å². The first-order chi connectivity index (χ1) is 8.20. The standard InChI is InChI=1S/C13H10FN3/c1-9-8-11(4-7-13(9)14)10-2-5-12(6-3-10)16-17-15/h2-8H,1H3. The summed E-state index contributed by atoms with van der Waals surface area (Å²) in [7, 11) is 0. The topological polar surface area (TPSA) is 48.8 Å². The summed E-state index contributed by atoms with van der Waals surface area (Å²) in [5.74, 6) is -0.209. The summed E-state index contributed by atoms with van der Waals surface area (Å²) < 4.78 is 13.1. The summed E-state index contributed by atoms with van der Waals surface area (Å²) in [4.78, 5) is 2.71. The van der Waals surface area contributed by atoms with Crippen LogP contribution in [-0.4, -0.2) is 0 Å². The molecule has 0 aliphatic carbocycles. The monoisotopic (exact) mass is 227 g/mol. The van der Waals surface area contributed by atoms with E-state index in [1.165, 1.54) is 6.07 Å². The van der Waals surface area contributed by atoms with Crippen molar-refractivity contribution in [2.45, 2.75) is 6.92 Å². The summed E-state index contributed by atoms with van der Waals surface area (Å²) >= 11 is 0. The van der Waals surface area contributed by atoms with Gasteiger partial charge in [0.15, 0.2) is 0 Å². The van der Waals surface area contributed by atoms with Gasteiger partial charge < -0.3 is 0 Å². The first kappa shape index (κ1) is 11.2. The molecule has 2 rings (SSSR count). The van der Waals surface area contributed by atoms with Crippen molar-refractivity contribution >= 4 is 5.69 Å². The van der Waals surface area contributed by atoms with Gasteiger partial charge in [-0.3, -0.25) is 0 Å². The number of hydrogen-bond acceptors (Lipinski definition) is 1. The number of rotatable bonds is 2. The Morgan fingerprint density at radius 3 is 2.29 bits per heavy atom. The van der Waals surface area contributed by atoms with Crippen LogP contribution in [-0.2, 0) is 0 Å². The lowest BCUT2D eigenvalue weighted by molar-refractivity contribution is 0.619. The number of azide groups is 1. The van der Waals surface area contributed by atoms with E-state index >= 15 is 0 Å². The second-order valence-electron chi connectivity index (χ2n) is 3.70. The lowest BCUT2D eigenvalue weighted by atomic mass is 10.0. The first-order valence-corrected chi connectivity index (χ1v) is 5.12. The molecule has 0 radical (unpaired) electrons. The zero-order valence-electron chi connectivity index (χ0n) is 9.26. The molecule has 0 amide bonds. The Hall–Kier alpha value is -2.32. The van der Waals surface area contributed by atoms with Crippen LogP contribution in [0.3, 0.4) is 0 Å². The van der Waals surface area contributed by atoms with Gasteiger partial charge in [0.25, 0.3) is 0 Å². The highest BCUT2D eigenvalue weighted by molar-refractivity contribution is 5.66. The molecule has 0 aromatic heterocycles. The van der Waals surface area contributed by atoms with Gasteiger partial charge in [-0.2, -0.15) is 0 Å². The molecular formula is C13H10FN3. The van der Waals surface area contributed by atoms with Gasteiger partial charge in [-0.1, -0.05) is 35.4 Å². The summed E-state index contributed by atoms with van der Waals surface area (Å²) in [6.07, 6.45) is 0. The predicted octanol–water partition coefficient (Wildman–Crippen LogP) is 4.74. The molecule has 2 aromatic rings. The molecule has 84 valence electrons. The normalized spacial score (nSPS) is 9.76. The summed E-state index contributed by atoms with van der Waals surface area (Å²) in [5.41, 5.74) is 11.4. The Morgan fingerprint density at radius 2 is 1.71 bits per heavy atom. The van der Waals surface area contributed by atoms with E-state index in [0.29, 0.717) is 11.3 Å². The van der Waals surface area contributed by atoms with Crippen molar-refractivity contribution in [3.05, 3.63) is 64.3 Å². The van der Waals surface area contributed by atoms with Crippen LogP contribution in [0.1, 0.15) is 5.56 Å². The highest BCUT2D eigenvalue weighted by atomic mass is 19.1. The Labute approximate surface area is 98.2 Å². The smallest absolute Gasteiger partial charge is 0.126 e. The van der Waals surface area contributed by atoms with E-state index in [2.05, 4.69) is 10.0 Å². The molecule has 0 saturated carbocycles. The van der Waals surface area contributed by atoms with Crippen LogP contribution in [0.2, 0.25) is 0 Å². The molecule has 0 N–H and O–H groups in total. The van der Waals surface area contributed by atoms with E-state index in [9.17, 15) is 4.39 Å². The van der Waals surface area contributed by atoms with Gasteiger partial charge in [-0.15, -0.1) is 0 Å². The SMILES string of the molecule is Cc1cc(-c2ccc(N=[N+]=[N-])cc2)ccc1F. The third-order valence-electron chi connectivity index (χ3n) is 2.52. The Bertz CT molecular complexity index is 584. The van der Waals surface area contributed by atoms with Gasteiger partial charge in [0.05, 0.1) is 0 Å². The Balaban J connectivity index is 2.39. The molecule has 0 aliphatic rings. The van der Waals surface area contributed by atoms with Crippen molar-refractivity contribution in [1.82, 2.24) is 0 Å². The van der Waals surface area contributed by atoms with Crippen molar-refractivity contribution < 1.29 is 4.39 Å². The van der Waals surface area contributed by atoms with Crippen LogP contribution in [0.25, 0.3) is 21.6 Å². The highest BCUT2D eigenvalue weighted by Crippen LogP contribution is 2.24. The van der Waals surface area contributed by atoms with E-state index in [0.717, 1.165) is 11.1 Å². The second-order valence-corrected chi connectivity index (χ2v) is 3.70. The maximum absolute atomic E-state index is 13.1. The fourth-order valence-electron chi connectivity index (χ4n) is 1.60. The van der Waals surface area contributed by atoms with Crippen molar-refractivity contribution in [3.63, 3.8) is 0 Å². The fraction of sp³-hybridized carbons (Fsp3) is 0.0769. The van der Waals surface area contributed by atoms with Crippen molar-refractivity contribution in [3.8, 4) is 11.1 Å². The van der Waals surface area contributed by atoms with Crippen molar-refractivity contribution in [2.24, 2.45) is 5.11 Å². The minimum Gasteiger partial charge on any atom is -0.207 e. The van der Waals surface area contributed by atoms with E-state index in [4.69, 9.17) is 5.53 Å². The van der Waals surface area contributed by atoms with Gasteiger partial charge in [-0.05, 0) is 41.3 Å². The van der Waals surface area contributed by atoms with Crippen LogP contribution in [0.15, 0.2) is 47.6 Å². The first-order valence-electron chi connectivity index (χ1n) is 5.12. The molecule has 0 spiro atoms. The molecule has 2 aromatic carbocycles. The lowest BCUT2D eigenvalue weighted by Gasteiger charge is -2.04. The Morgan fingerprint density at radius 1 is 1.06 bits per heavy atom. The number of benzene rings is 2. The molecule has 0 atom stereocenters. The molecule has 0 aliphatic heterocycles. The largest absolute Gasteiger partial charge is 0.207 e. The molecular weight excluding hydrogens is 217 g/mol. The third-order valence-corrected chi connectivity index (χ3v) is 2.52. The van der Waals surface area contributed by atoms with Crippen LogP contribution in [0.4, 0.5) is 10.1 Å². The molecule has 3 nitrogen and oxygen atoms in total. The number of halogens is 1. The van der Waals surface area contributed by atoms with Crippen LogP contribution in [0.5, 0.6) is 0 Å². The fourth-order valence-corrected chi connectivity index (χ4v) is 1.60. The van der Waals surface area contributed by atoms with Gasteiger partial charge in [-0.25, -0.2) is 4.39 Å². The van der Waals surface area contributed by atoms with Gasteiger partial charge >= 0.3 is 0 Å². The summed E-state index contributed by atoms with van der Waals surface area (Å²) in [6, 6.07) is 12.1. The van der Waals surface area contributed by atoms with E-state index in [-0.39, 0.29) is 5.82 Å². The molecule has 0 saturated heterocycles. The Kier molecular flexibility index (Phi) is 3.08. The van der Waals surface area contributed by atoms with Crippen molar-refractivity contribution in [2.75, 3.05) is 0 Å². The average molecular weight is 227 g/mol. The van der Waals surface area contributed by atoms with E-state index in [1.54, 1.807) is 31.2 Å². The van der Waals surface area contributed by atoms with E-state index < -0.39 is 0 Å². The van der Waals surface area contributed by atoms with Crippen LogP contribution < -0.4 is 0 Å². The second kappa shape index (κ2) is 4.68.